The summed E-state index contributed by atoms with van der Waals surface area (Å²) in [6.07, 6.45) is -3.07. The molecule has 2 aromatic carbocycles. The quantitative estimate of drug-likeness (QED) is 0.149. The first-order chi connectivity index (χ1) is 22.6. The van der Waals surface area contributed by atoms with Gasteiger partial charge in [0.25, 0.3) is 5.91 Å². The van der Waals surface area contributed by atoms with Crippen LogP contribution in [0.4, 0.5) is 23.7 Å². The van der Waals surface area contributed by atoms with Gasteiger partial charge in [0.05, 0.1) is 17.8 Å². The maximum absolute atomic E-state index is 13.4. The predicted octanol–water partition coefficient (Wildman–Crippen LogP) is 7.75. The Morgan fingerprint density at radius 3 is 2.20 bits per heavy atom. The molecular weight excluding hydrogens is 655 g/mol. The van der Waals surface area contributed by atoms with Gasteiger partial charge in [-0.2, -0.15) is 13.2 Å². The summed E-state index contributed by atoms with van der Waals surface area (Å²) < 4.78 is 61.1. The Morgan fingerprint density at radius 1 is 1.00 bits per heavy atom. The average Bonchev–Trinajstić information content (AvgIpc) is 3.37. The highest BCUT2D eigenvalue weighted by molar-refractivity contribution is 6.74. The first-order valence-electron chi connectivity index (χ1n) is 16.8. The summed E-state index contributed by atoms with van der Waals surface area (Å²) >= 11 is 0. The van der Waals surface area contributed by atoms with Gasteiger partial charge < -0.3 is 34.2 Å². The molecule has 9 nitrogen and oxygen atoms in total. The van der Waals surface area contributed by atoms with Crippen LogP contribution >= 0.6 is 0 Å². The van der Waals surface area contributed by atoms with Crippen molar-refractivity contribution >= 4 is 26.0 Å². The molecule has 0 saturated carbocycles. The summed E-state index contributed by atoms with van der Waals surface area (Å²) in [6, 6.07) is 9.56. The van der Waals surface area contributed by atoms with Gasteiger partial charge in [-0.05, 0) is 94.4 Å². The van der Waals surface area contributed by atoms with Crippen molar-refractivity contribution in [1.29, 1.82) is 0 Å². The SMILES string of the molecule is C[C@H](Cc1cc2c(c(C(N)=O)c1)N(CCCO[Si](C)(C)C(C)(C)C)CC2)N(CCOc1ccccc1OCC(F)(F)F)C(=O)OC(C)(C)C. The van der Waals surface area contributed by atoms with E-state index in [2.05, 4.69) is 44.8 Å². The van der Waals surface area contributed by atoms with E-state index in [1.807, 2.05) is 6.92 Å². The molecule has 0 bridgehead atoms. The molecule has 1 heterocycles. The van der Waals surface area contributed by atoms with Crippen LogP contribution in [-0.4, -0.2) is 82.5 Å². The molecule has 2 N–H and O–H groups in total. The highest BCUT2D eigenvalue weighted by Crippen LogP contribution is 2.37. The number of hydrogen-bond donors (Lipinski definition) is 1. The lowest BCUT2D eigenvalue weighted by molar-refractivity contribution is -0.153. The fraction of sp³-hybridized carbons (Fsp3) is 0.611. The van der Waals surface area contributed by atoms with Crippen molar-refractivity contribution in [3.05, 3.63) is 53.1 Å². The van der Waals surface area contributed by atoms with Crippen molar-refractivity contribution in [3.8, 4) is 11.5 Å². The summed E-state index contributed by atoms with van der Waals surface area (Å²) in [4.78, 5) is 29.8. The molecule has 1 aliphatic rings. The van der Waals surface area contributed by atoms with Gasteiger partial charge in [0.15, 0.2) is 26.4 Å². The number of anilines is 1. The number of ether oxygens (including phenoxy) is 3. The number of fused-ring (bicyclic) bond motifs is 1. The molecule has 0 unspecified atom stereocenters. The van der Waals surface area contributed by atoms with Crippen LogP contribution in [0.15, 0.2) is 36.4 Å². The lowest BCUT2D eigenvalue weighted by atomic mass is 9.97. The van der Waals surface area contributed by atoms with E-state index in [0.717, 1.165) is 42.7 Å². The van der Waals surface area contributed by atoms with Gasteiger partial charge in [0, 0.05) is 25.7 Å². The summed E-state index contributed by atoms with van der Waals surface area (Å²) in [5, 5.41) is 0.131. The number of carbonyl (C=O) groups excluding carboxylic acids is 2. The van der Waals surface area contributed by atoms with Crippen molar-refractivity contribution in [3.63, 3.8) is 0 Å². The molecule has 0 aromatic heterocycles. The largest absolute Gasteiger partial charge is 0.488 e. The number of rotatable bonds is 15. The molecule has 0 saturated heterocycles. The maximum atomic E-state index is 13.4. The van der Waals surface area contributed by atoms with Crippen LogP contribution in [0.25, 0.3) is 0 Å². The van der Waals surface area contributed by atoms with Gasteiger partial charge in [-0.15, -0.1) is 0 Å². The third-order valence-corrected chi connectivity index (χ3v) is 13.4. The lowest BCUT2D eigenvalue weighted by Gasteiger charge is -2.36. The number of nitrogens with two attached hydrogens (primary N) is 1. The van der Waals surface area contributed by atoms with Crippen molar-refractivity contribution in [2.75, 3.05) is 44.4 Å². The van der Waals surface area contributed by atoms with Crippen LogP contribution in [0.3, 0.4) is 0 Å². The molecule has 1 aliphatic heterocycles. The Kier molecular flexibility index (Phi) is 13.1. The molecule has 13 heteroatoms. The second kappa shape index (κ2) is 16.1. The van der Waals surface area contributed by atoms with Gasteiger partial charge in [-0.1, -0.05) is 39.0 Å². The molecule has 0 aliphatic carbocycles. The second-order valence-corrected chi connectivity index (χ2v) is 19.9. The Hall–Kier alpha value is -3.45. The molecule has 0 spiro atoms. The number of hydrogen-bond acceptors (Lipinski definition) is 7. The minimum absolute atomic E-state index is 0.0270. The molecule has 0 radical (unpaired) electrons. The Labute approximate surface area is 290 Å². The van der Waals surface area contributed by atoms with Crippen LogP contribution in [0, 0.1) is 0 Å². The fourth-order valence-corrected chi connectivity index (χ4v) is 6.47. The van der Waals surface area contributed by atoms with Crippen LogP contribution in [0.5, 0.6) is 11.5 Å². The average molecular weight is 710 g/mol. The lowest BCUT2D eigenvalue weighted by Crippen LogP contribution is -2.45. The van der Waals surface area contributed by atoms with Crippen molar-refractivity contribution < 1.29 is 41.4 Å². The molecule has 274 valence electrons. The van der Waals surface area contributed by atoms with Crippen LogP contribution in [0.2, 0.25) is 18.1 Å². The molecule has 2 aromatic rings. The van der Waals surface area contributed by atoms with Crippen LogP contribution in [0.1, 0.15) is 76.4 Å². The zero-order chi connectivity index (χ0) is 36.8. The molecule has 2 amide bonds. The number of primary amides is 1. The normalized spacial score (nSPS) is 14.3. The highest BCUT2D eigenvalue weighted by Gasteiger charge is 2.37. The topological polar surface area (TPSA) is 104 Å². The number of carbonyl (C=O) groups is 2. The van der Waals surface area contributed by atoms with E-state index in [1.165, 1.54) is 17.0 Å². The van der Waals surface area contributed by atoms with Crippen LogP contribution < -0.4 is 20.1 Å². The van der Waals surface area contributed by atoms with E-state index in [9.17, 15) is 22.8 Å². The monoisotopic (exact) mass is 709 g/mol. The molecule has 49 heavy (non-hydrogen) atoms. The minimum atomic E-state index is -4.50. The van der Waals surface area contributed by atoms with Gasteiger partial charge in [-0.3, -0.25) is 4.79 Å². The number of amides is 2. The van der Waals surface area contributed by atoms with Crippen LogP contribution in [-0.2, 0) is 22.0 Å². The van der Waals surface area contributed by atoms with E-state index >= 15 is 0 Å². The molecular formula is C36H54F3N3O6Si. The van der Waals surface area contributed by atoms with Gasteiger partial charge >= 0.3 is 12.3 Å². The molecule has 1 atom stereocenters. The number of para-hydroxylation sites is 2. The first-order valence-corrected chi connectivity index (χ1v) is 19.7. The summed E-state index contributed by atoms with van der Waals surface area (Å²) in [7, 11) is -1.86. The summed E-state index contributed by atoms with van der Waals surface area (Å²) in [5.41, 5.74) is 8.34. The predicted molar refractivity (Wildman–Crippen MR) is 188 cm³/mol. The number of benzene rings is 2. The molecule has 3 rings (SSSR count). The fourth-order valence-electron chi connectivity index (χ4n) is 5.39. The number of nitrogens with zero attached hydrogens (tertiary/aromatic N) is 2. The molecule has 0 fully saturated rings. The zero-order valence-corrected chi connectivity index (χ0v) is 31.5. The van der Waals surface area contributed by atoms with Gasteiger partial charge in [-0.25, -0.2) is 4.79 Å². The van der Waals surface area contributed by atoms with E-state index in [4.69, 9.17) is 24.4 Å². The number of halogens is 3. The Bertz CT molecular complexity index is 1440. The van der Waals surface area contributed by atoms with E-state index in [-0.39, 0.29) is 35.7 Å². The van der Waals surface area contributed by atoms with Gasteiger partial charge in [0.1, 0.15) is 12.2 Å². The standard InChI is InChI=1S/C36H54F3N3O6Si/c1-25(42(33(44)48-34(2,3)4)18-20-45-29-13-10-11-14-30(29)46-24-36(37,38)39)21-26-22-27-15-17-41(31(27)28(23-26)32(40)43)16-12-19-47-49(8,9)35(5,6)7/h10-11,13-14,22-23,25H,12,15-21,24H2,1-9H3,(H2,40,43)/t25-/m1/s1. The third kappa shape index (κ3) is 11.8. The zero-order valence-electron chi connectivity index (χ0n) is 30.5. The van der Waals surface area contributed by atoms with Crippen molar-refractivity contribution in [1.82, 2.24) is 4.90 Å². The smallest absolute Gasteiger partial charge is 0.422 e. The highest BCUT2D eigenvalue weighted by atomic mass is 28.4. The van der Waals surface area contributed by atoms with E-state index in [0.29, 0.717) is 18.6 Å². The van der Waals surface area contributed by atoms with Gasteiger partial charge in [0.2, 0.25) is 0 Å². The Morgan fingerprint density at radius 2 is 1.63 bits per heavy atom. The summed E-state index contributed by atoms with van der Waals surface area (Å²) in [6.45, 7) is 19.1. The Balaban J connectivity index is 1.74. The number of alkyl halides is 3. The third-order valence-electron chi connectivity index (χ3n) is 8.84. The first kappa shape index (κ1) is 40.0. The minimum Gasteiger partial charge on any atom is -0.488 e. The van der Waals surface area contributed by atoms with Crippen molar-refractivity contribution in [2.24, 2.45) is 5.73 Å². The van der Waals surface area contributed by atoms with E-state index < -0.39 is 38.7 Å². The van der Waals surface area contributed by atoms with Crippen molar-refractivity contribution in [2.45, 2.75) is 104 Å². The van der Waals surface area contributed by atoms with E-state index in [1.54, 1.807) is 39.0 Å². The maximum Gasteiger partial charge on any atom is 0.422 e. The summed E-state index contributed by atoms with van der Waals surface area (Å²) in [5.74, 6) is -0.436. The second-order valence-electron chi connectivity index (χ2n) is 15.1.